The second-order valence-corrected chi connectivity index (χ2v) is 6.74. The Labute approximate surface area is 135 Å². The molecule has 2 bridgehead atoms. The third-order valence-corrected chi connectivity index (χ3v) is 5.17. The lowest BCUT2D eigenvalue weighted by Crippen LogP contribution is -2.30. The Morgan fingerprint density at radius 2 is 2.22 bits per heavy atom. The number of nitrogens with zero attached hydrogens (tertiary/aromatic N) is 3. The molecule has 2 aliphatic carbocycles. The van der Waals surface area contributed by atoms with Crippen LogP contribution in [-0.4, -0.2) is 27.0 Å². The summed E-state index contributed by atoms with van der Waals surface area (Å²) in [7, 11) is 0. The van der Waals surface area contributed by atoms with Crippen LogP contribution in [0.1, 0.15) is 31.5 Å². The zero-order chi connectivity index (χ0) is 15.6. The van der Waals surface area contributed by atoms with Crippen LogP contribution in [0.4, 0.5) is 0 Å². The number of fused-ring (bicyclic) bond motifs is 3. The monoisotopic (exact) mass is 310 g/mol. The molecule has 5 heteroatoms. The number of amides is 1. The fourth-order valence-corrected chi connectivity index (χ4v) is 3.93. The number of aromatic nitrogens is 3. The molecule has 0 spiro atoms. The Morgan fingerprint density at radius 1 is 1.26 bits per heavy atom. The van der Waals surface area contributed by atoms with Crippen molar-refractivity contribution in [1.82, 2.24) is 19.9 Å². The van der Waals surface area contributed by atoms with Crippen LogP contribution < -0.4 is 5.32 Å². The third-order valence-electron chi connectivity index (χ3n) is 5.17. The molecule has 0 radical (unpaired) electrons. The quantitative estimate of drug-likeness (QED) is 0.833. The second kappa shape index (κ2) is 6.14. The van der Waals surface area contributed by atoms with Crippen LogP contribution in [0.3, 0.4) is 0 Å². The Morgan fingerprint density at radius 3 is 3.04 bits per heavy atom. The largest absolute Gasteiger partial charge is 0.356 e. The van der Waals surface area contributed by atoms with Gasteiger partial charge in [-0.2, -0.15) is 0 Å². The molecule has 1 N–H and O–H groups in total. The first-order chi connectivity index (χ1) is 11.3. The Bertz CT molecular complexity index is 735. The zero-order valence-electron chi connectivity index (χ0n) is 13.2. The summed E-state index contributed by atoms with van der Waals surface area (Å²) in [5, 5.41) is 11.4. The number of allylic oxidation sites excluding steroid dienone is 2. The van der Waals surface area contributed by atoms with E-state index < -0.39 is 0 Å². The van der Waals surface area contributed by atoms with E-state index >= 15 is 0 Å². The van der Waals surface area contributed by atoms with Crippen molar-refractivity contribution in [3.8, 4) is 0 Å². The van der Waals surface area contributed by atoms with E-state index in [2.05, 4.69) is 27.7 Å². The molecule has 1 amide bonds. The maximum Gasteiger partial charge on any atom is 0.220 e. The molecule has 5 nitrogen and oxygen atoms in total. The van der Waals surface area contributed by atoms with Crippen molar-refractivity contribution >= 4 is 11.6 Å². The molecule has 0 aliphatic heterocycles. The van der Waals surface area contributed by atoms with Gasteiger partial charge in [0.05, 0.1) is 0 Å². The molecule has 0 saturated heterocycles. The number of carbonyl (C=O) groups is 1. The molecule has 2 heterocycles. The van der Waals surface area contributed by atoms with Crippen LogP contribution in [0.15, 0.2) is 36.5 Å². The van der Waals surface area contributed by atoms with Gasteiger partial charge in [-0.15, -0.1) is 10.2 Å². The predicted octanol–water partition coefficient (Wildman–Crippen LogP) is 2.38. The summed E-state index contributed by atoms with van der Waals surface area (Å²) < 4.78 is 1.99. The number of pyridine rings is 1. The summed E-state index contributed by atoms with van der Waals surface area (Å²) in [6, 6.07) is 5.86. The highest BCUT2D eigenvalue weighted by atomic mass is 16.1. The minimum Gasteiger partial charge on any atom is -0.356 e. The highest BCUT2D eigenvalue weighted by molar-refractivity contribution is 5.75. The lowest BCUT2D eigenvalue weighted by molar-refractivity contribution is -0.121. The van der Waals surface area contributed by atoms with Crippen molar-refractivity contribution in [2.45, 2.75) is 32.1 Å². The summed E-state index contributed by atoms with van der Waals surface area (Å²) in [5.74, 6) is 3.19. The molecule has 4 rings (SSSR count). The van der Waals surface area contributed by atoms with Crippen LogP contribution in [0.25, 0.3) is 5.65 Å². The van der Waals surface area contributed by atoms with Gasteiger partial charge in [0, 0.05) is 25.6 Å². The van der Waals surface area contributed by atoms with E-state index in [1.54, 1.807) is 0 Å². The molecule has 0 aromatic carbocycles. The molecule has 2 aliphatic rings. The third kappa shape index (κ3) is 3.00. The molecule has 23 heavy (non-hydrogen) atoms. The fourth-order valence-electron chi connectivity index (χ4n) is 3.93. The highest BCUT2D eigenvalue weighted by Crippen LogP contribution is 2.42. The van der Waals surface area contributed by atoms with E-state index in [4.69, 9.17) is 0 Å². The lowest BCUT2D eigenvalue weighted by atomic mass is 9.93. The second-order valence-electron chi connectivity index (χ2n) is 6.74. The average Bonchev–Trinajstić information content (AvgIpc) is 3.28. The van der Waals surface area contributed by atoms with Crippen LogP contribution >= 0.6 is 0 Å². The molecule has 3 atom stereocenters. The number of rotatable bonds is 6. The Kier molecular flexibility index (Phi) is 3.85. The Hall–Kier alpha value is -2.17. The maximum atomic E-state index is 12.0. The zero-order valence-corrected chi connectivity index (χ0v) is 13.2. The first kappa shape index (κ1) is 14.4. The summed E-state index contributed by atoms with van der Waals surface area (Å²) in [5.41, 5.74) is 0.858. The van der Waals surface area contributed by atoms with E-state index in [1.165, 1.54) is 12.8 Å². The van der Waals surface area contributed by atoms with Crippen molar-refractivity contribution in [2.75, 3.05) is 6.54 Å². The van der Waals surface area contributed by atoms with Crippen molar-refractivity contribution in [3.63, 3.8) is 0 Å². The van der Waals surface area contributed by atoms with E-state index in [0.717, 1.165) is 36.8 Å². The number of hydrogen-bond donors (Lipinski definition) is 1. The summed E-state index contributed by atoms with van der Waals surface area (Å²) >= 11 is 0. The van der Waals surface area contributed by atoms with Gasteiger partial charge in [-0.3, -0.25) is 9.20 Å². The maximum absolute atomic E-state index is 12.0. The van der Waals surface area contributed by atoms with Gasteiger partial charge in [0.1, 0.15) is 5.82 Å². The summed E-state index contributed by atoms with van der Waals surface area (Å²) in [6.45, 7) is 0.832. The van der Waals surface area contributed by atoms with E-state index in [-0.39, 0.29) is 5.91 Å². The first-order valence-electron chi connectivity index (χ1n) is 8.53. The Balaban J connectivity index is 1.22. The molecular formula is C18H22N4O. The van der Waals surface area contributed by atoms with Crippen LogP contribution in [0.2, 0.25) is 0 Å². The van der Waals surface area contributed by atoms with Gasteiger partial charge in [-0.1, -0.05) is 18.2 Å². The number of hydrogen-bond acceptors (Lipinski definition) is 3. The van der Waals surface area contributed by atoms with Crippen molar-refractivity contribution in [1.29, 1.82) is 0 Å². The van der Waals surface area contributed by atoms with Crippen molar-refractivity contribution < 1.29 is 4.79 Å². The normalized spacial score (nSPS) is 25.3. The minimum absolute atomic E-state index is 0.158. The van der Waals surface area contributed by atoms with E-state index in [1.807, 2.05) is 28.8 Å². The van der Waals surface area contributed by atoms with Gasteiger partial charge in [0.15, 0.2) is 5.65 Å². The van der Waals surface area contributed by atoms with Crippen LogP contribution in [0, 0.1) is 17.8 Å². The summed E-state index contributed by atoms with van der Waals surface area (Å²) in [4.78, 5) is 12.0. The first-order valence-corrected chi connectivity index (χ1v) is 8.53. The van der Waals surface area contributed by atoms with Gasteiger partial charge in [-0.05, 0) is 49.1 Å². The molecule has 1 fully saturated rings. The average molecular weight is 310 g/mol. The lowest BCUT2D eigenvalue weighted by Gasteiger charge is -2.18. The van der Waals surface area contributed by atoms with Gasteiger partial charge in [0.25, 0.3) is 0 Å². The molecular weight excluding hydrogens is 288 g/mol. The SMILES string of the molecule is O=C(CCCc1nnc2ccccn12)NC[C@H]1C[C@@H]2C=C[C@H]1C2. The molecule has 0 unspecified atom stereocenters. The van der Waals surface area contributed by atoms with E-state index in [0.29, 0.717) is 18.3 Å². The molecule has 2 aromatic heterocycles. The highest BCUT2D eigenvalue weighted by Gasteiger charge is 2.35. The number of aryl methyl sites for hydroxylation is 1. The molecule has 1 saturated carbocycles. The fraction of sp³-hybridized carbons (Fsp3) is 0.500. The standard InChI is InChI=1S/C18H22N4O/c23-18(19-12-15-11-13-7-8-14(15)10-13)6-3-5-17-21-20-16-4-1-2-9-22(16)17/h1-2,4,7-9,13-15H,3,5-6,10-12H2,(H,19,23)/t13-,14+,15-/m1/s1. The molecule has 120 valence electrons. The van der Waals surface area contributed by atoms with Crippen LogP contribution in [0.5, 0.6) is 0 Å². The summed E-state index contributed by atoms with van der Waals surface area (Å²) in [6.07, 6.45) is 11.3. The number of nitrogens with one attached hydrogen (secondary N) is 1. The molecule has 2 aromatic rings. The van der Waals surface area contributed by atoms with E-state index in [9.17, 15) is 4.79 Å². The minimum atomic E-state index is 0.158. The van der Waals surface area contributed by atoms with Gasteiger partial charge < -0.3 is 5.32 Å². The van der Waals surface area contributed by atoms with Crippen molar-refractivity contribution in [3.05, 3.63) is 42.4 Å². The van der Waals surface area contributed by atoms with Gasteiger partial charge in [0.2, 0.25) is 5.91 Å². The van der Waals surface area contributed by atoms with Gasteiger partial charge in [-0.25, -0.2) is 0 Å². The number of carbonyl (C=O) groups excluding carboxylic acids is 1. The van der Waals surface area contributed by atoms with Crippen molar-refractivity contribution in [2.24, 2.45) is 17.8 Å². The van der Waals surface area contributed by atoms with Crippen LogP contribution in [-0.2, 0) is 11.2 Å². The van der Waals surface area contributed by atoms with Gasteiger partial charge >= 0.3 is 0 Å². The smallest absolute Gasteiger partial charge is 0.220 e. The topological polar surface area (TPSA) is 59.3 Å². The predicted molar refractivity (Wildman–Crippen MR) is 87.8 cm³/mol.